The highest BCUT2D eigenvalue weighted by atomic mass is 15.0. The van der Waals surface area contributed by atoms with Gasteiger partial charge in [-0.1, -0.05) is 91.5 Å². The van der Waals surface area contributed by atoms with E-state index < -0.39 is 0 Å². The molecule has 35 heavy (non-hydrogen) atoms. The highest BCUT2D eigenvalue weighted by Crippen LogP contribution is 2.45. The molecule has 0 amide bonds. The first kappa shape index (κ1) is 21.4. The number of aromatic nitrogens is 1. The summed E-state index contributed by atoms with van der Waals surface area (Å²) in [6.45, 7) is 13.2. The first-order valence-electron chi connectivity index (χ1n) is 12.3. The van der Waals surface area contributed by atoms with E-state index in [0.29, 0.717) is 0 Å². The van der Waals surface area contributed by atoms with Crippen LogP contribution in [0.3, 0.4) is 0 Å². The standard InChI is InChI=1S/C34H29N/c1-21(2)35-31-20-11-10-17-30(31)33-29-16-9-8-15-28(29)32(24(5)34(33)35)27-19-12-18-26(23(27)4)25-14-7-6-13-22(25)3/h6-20H,1H2,2-5H3. The van der Waals surface area contributed by atoms with E-state index in [1.807, 2.05) is 0 Å². The maximum Gasteiger partial charge on any atom is 0.0579 e. The van der Waals surface area contributed by atoms with Crippen LogP contribution in [-0.4, -0.2) is 4.57 Å². The Hall–Kier alpha value is -4.10. The number of para-hydroxylation sites is 1. The third kappa shape index (κ3) is 3.08. The Kier molecular flexibility index (Phi) is 4.89. The molecule has 6 rings (SSSR count). The number of hydrogen-bond donors (Lipinski definition) is 0. The molecule has 1 heterocycles. The molecular weight excluding hydrogens is 422 g/mol. The SMILES string of the molecule is C=C(C)n1c2ccccc2c2c3ccccc3c(-c3cccc(-c4ccccc4C)c3C)c(C)c21. The summed E-state index contributed by atoms with van der Waals surface area (Å²) in [6, 6.07) is 33.0. The summed E-state index contributed by atoms with van der Waals surface area (Å²) in [5.41, 5.74) is 12.6. The Morgan fingerprint density at radius 3 is 1.94 bits per heavy atom. The fourth-order valence-corrected chi connectivity index (χ4v) is 5.92. The van der Waals surface area contributed by atoms with Gasteiger partial charge in [-0.25, -0.2) is 0 Å². The zero-order chi connectivity index (χ0) is 24.3. The fraction of sp³-hybridized carbons (Fsp3) is 0.118. The van der Waals surface area contributed by atoms with Gasteiger partial charge in [0.2, 0.25) is 0 Å². The molecule has 6 aromatic rings. The van der Waals surface area contributed by atoms with E-state index in [1.165, 1.54) is 71.5 Å². The maximum atomic E-state index is 4.37. The minimum Gasteiger partial charge on any atom is -0.314 e. The second kappa shape index (κ2) is 7.99. The van der Waals surface area contributed by atoms with Crippen LogP contribution in [0.25, 0.3) is 60.5 Å². The monoisotopic (exact) mass is 451 g/mol. The van der Waals surface area contributed by atoms with Gasteiger partial charge in [-0.05, 0) is 83.5 Å². The molecule has 170 valence electrons. The fourth-order valence-electron chi connectivity index (χ4n) is 5.92. The molecule has 0 bridgehead atoms. The van der Waals surface area contributed by atoms with Gasteiger partial charge < -0.3 is 4.57 Å². The van der Waals surface area contributed by atoms with Gasteiger partial charge in [0.1, 0.15) is 0 Å². The van der Waals surface area contributed by atoms with Crippen molar-refractivity contribution in [2.75, 3.05) is 0 Å². The molecule has 0 aliphatic heterocycles. The average molecular weight is 452 g/mol. The minimum absolute atomic E-state index is 1.03. The van der Waals surface area contributed by atoms with Crippen molar-refractivity contribution in [1.29, 1.82) is 0 Å². The van der Waals surface area contributed by atoms with E-state index >= 15 is 0 Å². The van der Waals surface area contributed by atoms with Gasteiger partial charge in [-0.2, -0.15) is 0 Å². The van der Waals surface area contributed by atoms with Gasteiger partial charge in [0.05, 0.1) is 11.0 Å². The van der Waals surface area contributed by atoms with Crippen LogP contribution >= 0.6 is 0 Å². The zero-order valence-electron chi connectivity index (χ0n) is 20.8. The molecule has 0 unspecified atom stereocenters. The lowest BCUT2D eigenvalue weighted by molar-refractivity contribution is 1.20. The molecule has 0 atom stereocenters. The molecule has 5 aromatic carbocycles. The smallest absolute Gasteiger partial charge is 0.0579 e. The van der Waals surface area contributed by atoms with Crippen molar-refractivity contribution >= 4 is 38.3 Å². The molecule has 0 radical (unpaired) electrons. The van der Waals surface area contributed by atoms with Crippen LogP contribution in [0.4, 0.5) is 0 Å². The predicted molar refractivity (Wildman–Crippen MR) is 153 cm³/mol. The summed E-state index contributed by atoms with van der Waals surface area (Å²) in [6.07, 6.45) is 0. The van der Waals surface area contributed by atoms with E-state index in [0.717, 1.165) is 5.70 Å². The molecule has 1 nitrogen and oxygen atoms in total. The van der Waals surface area contributed by atoms with Crippen LogP contribution in [0.5, 0.6) is 0 Å². The predicted octanol–water partition coefficient (Wildman–Crippen LogP) is 9.70. The van der Waals surface area contributed by atoms with Crippen LogP contribution in [-0.2, 0) is 0 Å². The summed E-state index contributed by atoms with van der Waals surface area (Å²) < 4.78 is 2.34. The second-order valence-corrected chi connectivity index (χ2v) is 9.65. The highest BCUT2D eigenvalue weighted by Gasteiger charge is 2.22. The quantitative estimate of drug-likeness (QED) is 0.252. The highest BCUT2D eigenvalue weighted by molar-refractivity contribution is 6.26. The van der Waals surface area contributed by atoms with E-state index in [-0.39, 0.29) is 0 Å². The molecule has 1 heteroatoms. The molecule has 1 aromatic heterocycles. The number of aryl methyl sites for hydroxylation is 2. The van der Waals surface area contributed by atoms with Crippen LogP contribution < -0.4 is 0 Å². The molecule has 0 N–H and O–H groups in total. The van der Waals surface area contributed by atoms with Gasteiger partial charge in [0.25, 0.3) is 0 Å². The normalized spacial score (nSPS) is 11.5. The lowest BCUT2D eigenvalue weighted by atomic mass is 9.86. The third-order valence-corrected chi connectivity index (χ3v) is 7.49. The van der Waals surface area contributed by atoms with Crippen molar-refractivity contribution in [3.8, 4) is 22.3 Å². The zero-order valence-corrected chi connectivity index (χ0v) is 20.8. The molecule has 0 saturated carbocycles. The first-order valence-corrected chi connectivity index (χ1v) is 12.3. The Balaban J connectivity index is 1.80. The Morgan fingerprint density at radius 1 is 0.600 bits per heavy atom. The van der Waals surface area contributed by atoms with Crippen molar-refractivity contribution < 1.29 is 0 Å². The van der Waals surface area contributed by atoms with Crippen LogP contribution in [0, 0.1) is 20.8 Å². The number of fused-ring (bicyclic) bond motifs is 5. The van der Waals surface area contributed by atoms with Crippen molar-refractivity contribution in [2.24, 2.45) is 0 Å². The van der Waals surface area contributed by atoms with Gasteiger partial charge in [-0.3, -0.25) is 0 Å². The Morgan fingerprint density at radius 2 is 1.20 bits per heavy atom. The van der Waals surface area contributed by atoms with Crippen LogP contribution in [0.15, 0.2) is 97.6 Å². The lowest BCUT2D eigenvalue weighted by Gasteiger charge is -2.19. The number of allylic oxidation sites excluding steroid dienone is 1. The molecule has 0 saturated heterocycles. The second-order valence-electron chi connectivity index (χ2n) is 9.65. The third-order valence-electron chi connectivity index (χ3n) is 7.49. The average Bonchev–Trinajstić information content (AvgIpc) is 3.22. The Bertz CT molecular complexity index is 1800. The van der Waals surface area contributed by atoms with Crippen molar-refractivity contribution in [3.05, 3.63) is 114 Å². The van der Waals surface area contributed by atoms with Gasteiger partial charge in [0, 0.05) is 16.5 Å². The molecule has 0 spiro atoms. The van der Waals surface area contributed by atoms with Gasteiger partial charge in [0.15, 0.2) is 0 Å². The largest absolute Gasteiger partial charge is 0.314 e. The topological polar surface area (TPSA) is 4.93 Å². The van der Waals surface area contributed by atoms with E-state index in [1.54, 1.807) is 0 Å². The van der Waals surface area contributed by atoms with Crippen LogP contribution in [0.2, 0.25) is 0 Å². The number of nitrogens with zero attached hydrogens (tertiary/aromatic N) is 1. The molecule has 0 aliphatic rings. The number of benzene rings is 5. The van der Waals surface area contributed by atoms with Crippen molar-refractivity contribution in [1.82, 2.24) is 4.57 Å². The summed E-state index contributed by atoms with van der Waals surface area (Å²) in [7, 11) is 0. The first-order chi connectivity index (χ1) is 17.0. The van der Waals surface area contributed by atoms with Gasteiger partial charge >= 0.3 is 0 Å². The Labute approximate surface area is 207 Å². The van der Waals surface area contributed by atoms with Crippen molar-refractivity contribution in [3.63, 3.8) is 0 Å². The summed E-state index contributed by atoms with van der Waals surface area (Å²) in [5.74, 6) is 0. The van der Waals surface area contributed by atoms with E-state index in [9.17, 15) is 0 Å². The molecule has 0 aliphatic carbocycles. The molecular formula is C34H29N. The summed E-state index contributed by atoms with van der Waals surface area (Å²) >= 11 is 0. The summed E-state index contributed by atoms with van der Waals surface area (Å²) in [4.78, 5) is 0. The van der Waals surface area contributed by atoms with Crippen LogP contribution in [0.1, 0.15) is 23.6 Å². The summed E-state index contributed by atoms with van der Waals surface area (Å²) in [5, 5.41) is 5.18. The maximum absolute atomic E-state index is 4.37. The van der Waals surface area contributed by atoms with Crippen molar-refractivity contribution in [2.45, 2.75) is 27.7 Å². The van der Waals surface area contributed by atoms with E-state index in [4.69, 9.17) is 0 Å². The minimum atomic E-state index is 1.03. The van der Waals surface area contributed by atoms with E-state index in [2.05, 4.69) is 130 Å². The molecule has 0 fully saturated rings. The lowest BCUT2D eigenvalue weighted by Crippen LogP contribution is -1.98. The van der Waals surface area contributed by atoms with Gasteiger partial charge in [-0.15, -0.1) is 0 Å². The number of hydrogen-bond acceptors (Lipinski definition) is 0. The number of rotatable bonds is 3.